The van der Waals surface area contributed by atoms with E-state index in [0.717, 1.165) is 70.1 Å². The lowest BCUT2D eigenvalue weighted by atomic mass is 10.0. The van der Waals surface area contributed by atoms with Gasteiger partial charge in [-0.25, -0.2) is 0 Å². The van der Waals surface area contributed by atoms with E-state index in [9.17, 15) is 5.11 Å². The molecule has 0 radical (unpaired) electrons. The van der Waals surface area contributed by atoms with Crippen LogP contribution in [0.4, 0.5) is 0 Å². The summed E-state index contributed by atoms with van der Waals surface area (Å²) in [5.74, 6) is 2.12. The number of ether oxygens (including phenoxy) is 3. The third kappa shape index (κ3) is 10.5. The highest BCUT2D eigenvalue weighted by Gasteiger charge is 2.13. The highest BCUT2D eigenvalue weighted by atomic mass is 127. The molecule has 0 aliphatic carbocycles. The number of aliphatic hydroxyl groups excluding tert-OH is 1. The maximum atomic E-state index is 10.3. The predicted molar refractivity (Wildman–Crippen MR) is 126 cm³/mol. The smallest absolute Gasteiger partial charge is 0.191 e. The molecule has 3 N–H and O–H groups in total. The molecule has 1 atom stereocenters. The van der Waals surface area contributed by atoms with Crippen LogP contribution in [-0.2, 0) is 9.47 Å². The van der Waals surface area contributed by atoms with E-state index in [0.29, 0.717) is 18.4 Å². The molecule has 8 heteroatoms. The monoisotopic (exact) mass is 521 g/mol. The average Bonchev–Trinajstić information content (AvgIpc) is 2.75. The molecule has 1 unspecified atom stereocenters. The second kappa shape index (κ2) is 15.7. The van der Waals surface area contributed by atoms with Crippen molar-refractivity contribution in [2.75, 3.05) is 53.2 Å². The Morgan fingerprint density at radius 1 is 1.24 bits per heavy atom. The van der Waals surface area contributed by atoms with Gasteiger partial charge < -0.3 is 30.0 Å². The van der Waals surface area contributed by atoms with Gasteiger partial charge in [0.1, 0.15) is 5.75 Å². The van der Waals surface area contributed by atoms with E-state index in [4.69, 9.17) is 14.2 Å². The summed E-state index contributed by atoms with van der Waals surface area (Å²) in [7, 11) is 1.63. The second-order valence-electron chi connectivity index (χ2n) is 6.92. The van der Waals surface area contributed by atoms with Crippen molar-refractivity contribution in [3.63, 3.8) is 0 Å². The molecule has 1 aliphatic rings. The first-order valence-electron chi connectivity index (χ1n) is 10.2. The number of nitrogens with zero attached hydrogens (tertiary/aromatic N) is 1. The molecule has 7 nitrogen and oxygen atoms in total. The SMILES string of the molecule is CCNC(=NCC(O)c1ccc(OC)cc1)NCCCOCC1CCOCC1.I. The minimum absolute atomic E-state index is 0. The Hall–Kier alpha value is -1.10. The number of guanidine groups is 1. The fraction of sp³-hybridized carbons (Fsp3) is 0.667. The van der Waals surface area contributed by atoms with Gasteiger partial charge in [0, 0.05) is 39.5 Å². The van der Waals surface area contributed by atoms with Crippen LogP contribution < -0.4 is 15.4 Å². The van der Waals surface area contributed by atoms with Gasteiger partial charge in [-0.05, 0) is 49.8 Å². The average molecular weight is 521 g/mol. The number of methoxy groups -OCH3 is 1. The fourth-order valence-electron chi connectivity index (χ4n) is 3.00. The van der Waals surface area contributed by atoms with Gasteiger partial charge in [0.2, 0.25) is 0 Å². The third-order valence-corrected chi connectivity index (χ3v) is 4.72. The van der Waals surface area contributed by atoms with Crippen molar-refractivity contribution in [2.45, 2.75) is 32.3 Å². The first-order valence-corrected chi connectivity index (χ1v) is 10.2. The largest absolute Gasteiger partial charge is 0.497 e. The highest BCUT2D eigenvalue weighted by molar-refractivity contribution is 14.0. The van der Waals surface area contributed by atoms with Gasteiger partial charge >= 0.3 is 0 Å². The number of rotatable bonds is 11. The van der Waals surface area contributed by atoms with Crippen molar-refractivity contribution in [3.8, 4) is 5.75 Å². The van der Waals surface area contributed by atoms with Crippen molar-refractivity contribution in [1.29, 1.82) is 0 Å². The van der Waals surface area contributed by atoms with E-state index in [1.807, 2.05) is 31.2 Å². The van der Waals surface area contributed by atoms with E-state index in [1.54, 1.807) is 7.11 Å². The number of halogens is 1. The second-order valence-corrected chi connectivity index (χ2v) is 6.92. The van der Waals surface area contributed by atoms with Crippen LogP contribution in [-0.4, -0.2) is 64.2 Å². The molecular formula is C21H36IN3O4. The Kier molecular flexibility index (Phi) is 14.0. The van der Waals surface area contributed by atoms with Crippen molar-refractivity contribution in [3.05, 3.63) is 29.8 Å². The van der Waals surface area contributed by atoms with Gasteiger partial charge in [0.15, 0.2) is 5.96 Å². The van der Waals surface area contributed by atoms with Crippen LogP contribution in [0.2, 0.25) is 0 Å². The number of benzene rings is 1. The molecule has 0 amide bonds. The third-order valence-electron chi connectivity index (χ3n) is 4.72. The van der Waals surface area contributed by atoms with E-state index >= 15 is 0 Å². The van der Waals surface area contributed by atoms with Gasteiger partial charge in [0.25, 0.3) is 0 Å². The molecule has 0 saturated carbocycles. The molecule has 166 valence electrons. The summed E-state index contributed by atoms with van der Waals surface area (Å²) in [5.41, 5.74) is 0.821. The summed E-state index contributed by atoms with van der Waals surface area (Å²) in [6.07, 6.45) is 2.47. The Morgan fingerprint density at radius 2 is 1.97 bits per heavy atom. The lowest BCUT2D eigenvalue weighted by Crippen LogP contribution is -2.38. The maximum Gasteiger partial charge on any atom is 0.191 e. The number of hydrogen-bond donors (Lipinski definition) is 3. The molecule has 1 aromatic carbocycles. The van der Waals surface area contributed by atoms with Crippen molar-refractivity contribution < 1.29 is 19.3 Å². The van der Waals surface area contributed by atoms with Gasteiger partial charge in [-0.1, -0.05) is 12.1 Å². The topological polar surface area (TPSA) is 84.3 Å². The molecule has 1 aromatic rings. The van der Waals surface area contributed by atoms with Crippen LogP contribution in [0.15, 0.2) is 29.3 Å². The van der Waals surface area contributed by atoms with Crippen LogP contribution in [0.3, 0.4) is 0 Å². The Morgan fingerprint density at radius 3 is 2.62 bits per heavy atom. The minimum Gasteiger partial charge on any atom is -0.497 e. The normalized spacial score (nSPS) is 16.0. The maximum absolute atomic E-state index is 10.3. The molecule has 1 saturated heterocycles. The number of hydrogen-bond acceptors (Lipinski definition) is 5. The Balaban J connectivity index is 0.00000420. The van der Waals surface area contributed by atoms with Crippen molar-refractivity contribution in [1.82, 2.24) is 10.6 Å². The van der Waals surface area contributed by atoms with Crippen LogP contribution in [0, 0.1) is 5.92 Å². The molecule has 29 heavy (non-hydrogen) atoms. The summed E-state index contributed by atoms with van der Waals surface area (Å²) in [6.45, 7) is 7.14. The molecular weight excluding hydrogens is 485 g/mol. The molecule has 0 bridgehead atoms. The summed E-state index contributed by atoms with van der Waals surface area (Å²) in [5, 5.41) is 16.8. The summed E-state index contributed by atoms with van der Waals surface area (Å²) in [6, 6.07) is 7.39. The van der Waals surface area contributed by atoms with Crippen LogP contribution >= 0.6 is 24.0 Å². The number of aliphatic hydroxyl groups is 1. The summed E-state index contributed by atoms with van der Waals surface area (Å²) >= 11 is 0. The fourth-order valence-corrected chi connectivity index (χ4v) is 3.00. The van der Waals surface area contributed by atoms with Gasteiger partial charge in [0.05, 0.1) is 19.8 Å². The van der Waals surface area contributed by atoms with Crippen molar-refractivity contribution >= 4 is 29.9 Å². The van der Waals surface area contributed by atoms with Gasteiger partial charge in [-0.15, -0.1) is 24.0 Å². The molecule has 0 aromatic heterocycles. The first kappa shape index (κ1) is 25.9. The predicted octanol–water partition coefficient (Wildman–Crippen LogP) is 2.74. The van der Waals surface area contributed by atoms with Crippen LogP contribution in [0.1, 0.15) is 37.9 Å². The highest BCUT2D eigenvalue weighted by Crippen LogP contribution is 2.17. The molecule has 1 heterocycles. The summed E-state index contributed by atoms with van der Waals surface area (Å²) < 4.78 is 16.3. The number of nitrogens with one attached hydrogen (secondary N) is 2. The Labute approximate surface area is 191 Å². The van der Waals surface area contributed by atoms with Crippen LogP contribution in [0.5, 0.6) is 5.75 Å². The lowest BCUT2D eigenvalue weighted by Gasteiger charge is -2.21. The van der Waals surface area contributed by atoms with E-state index < -0.39 is 6.10 Å². The quantitative estimate of drug-likeness (QED) is 0.180. The molecule has 0 spiro atoms. The van der Waals surface area contributed by atoms with Gasteiger partial charge in [-0.2, -0.15) is 0 Å². The van der Waals surface area contributed by atoms with E-state index in [1.165, 1.54) is 0 Å². The van der Waals surface area contributed by atoms with E-state index in [2.05, 4.69) is 15.6 Å². The van der Waals surface area contributed by atoms with Crippen molar-refractivity contribution in [2.24, 2.45) is 10.9 Å². The molecule has 2 rings (SSSR count). The van der Waals surface area contributed by atoms with Gasteiger partial charge in [-0.3, -0.25) is 4.99 Å². The minimum atomic E-state index is -0.649. The zero-order valence-corrected chi connectivity index (χ0v) is 19.9. The molecule has 1 aliphatic heterocycles. The molecule has 1 fully saturated rings. The standard InChI is InChI=1S/C21H35N3O4.HI/c1-3-22-21(23-11-4-12-28-16-17-9-13-27-14-10-17)24-15-20(25)18-5-7-19(26-2)8-6-18;/h5-8,17,20,25H,3-4,9-16H2,1-2H3,(H2,22,23,24);1H. The Bertz CT molecular complexity index is 566. The zero-order chi connectivity index (χ0) is 20.0. The summed E-state index contributed by atoms with van der Waals surface area (Å²) in [4.78, 5) is 4.48. The zero-order valence-electron chi connectivity index (χ0n) is 17.6. The van der Waals surface area contributed by atoms with Crippen LogP contribution in [0.25, 0.3) is 0 Å². The van der Waals surface area contributed by atoms with E-state index in [-0.39, 0.29) is 24.0 Å². The number of aliphatic imine (C=N–C) groups is 1. The first-order chi connectivity index (χ1) is 13.7. The lowest BCUT2D eigenvalue weighted by molar-refractivity contribution is 0.0203.